The molecule has 48 valence electrons. The van der Waals surface area contributed by atoms with Gasteiger partial charge in [0.2, 0.25) is 5.91 Å². The standard InChI is InChI=1S/C5H5NO2S/c1-4(7)6-5(8)2-3-9-6/h2-3H,1H3. The third-order valence-electron chi connectivity index (χ3n) is 0.863. The molecule has 0 N–H and O–H groups in total. The molecule has 0 unspecified atom stereocenters. The minimum Gasteiger partial charge on any atom is -0.273 e. The van der Waals surface area contributed by atoms with Gasteiger partial charge in [0.1, 0.15) is 0 Å². The maximum Gasteiger partial charge on any atom is 0.267 e. The lowest BCUT2D eigenvalue weighted by Crippen LogP contribution is -2.16. The number of hydrogen-bond acceptors (Lipinski definition) is 3. The van der Waals surface area contributed by atoms with Crippen LogP contribution < -0.4 is 5.56 Å². The number of nitrogens with zero attached hydrogens (tertiary/aromatic N) is 1. The van der Waals surface area contributed by atoms with Crippen LogP contribution in [0, 0.1) is 0 Å². The Morgan fingerprint density at radius 1 is 1.78 bits per heavy atom. The fraction of sp³-hybridized carbons (Fsp3) is 0.200. The smallest absolute Gasteiger partial charge is 0.267 e. The molecule has 3 nitrogen and oxygen atoms in total. The molecule has 0 radical (unpaired) electrons. The van der Waals surface area contributed by atoms with Crippen LogP contribution in [-0.4, -0.2) is 9.86 Å². The van der Waals surface area contributed by atoms with E-state index in [9.17, 15) is 9.59 Å². The molecule has 0 aliphatic rings. The van der Waals surface area contributed by atoms with Crippen LogP contribution in [-0.2, 0) is 0 Å². The summed E-state index contributed by atoms with van der Waals surface area (Å²) in [5.41, 5.74) is -0.243. The maximum absolute atomic E-state index is 10.6. The molecule has 4 heteroatoms. The SMILES string of the molecule is CC(=O)n1sccc1=O. The monoisotopic (exact) mass is 143 g/mol. The van der Waals surface area contributed by atoms with Crippen LogP contribution in [0.2, 0.25) is 0 Å². The summed E-state index contributed by atoms with van der Waals surface area (Å²) in [5.74, 6) is -0.227. The van der Waals surface area contributed by atoms with Crippen LogP contribution in [0.4, 0.5) is 0 Å². The predicted octanol–water partition coefficient (Wildman–Crippen LogP) is 0.570. The van der Waals surface area contributed by atoms with Gasteiger partial charge in [-0.3, -0.25) is 9.59 Å². The van der Waals surface area contributed by atoms with Gasteiger partial charge in [0.05, 0.1) is 0 Å². The van der Waals surface area contributed by atoms with Crippen LogP contribution in [0.15, 0.2) is 16.2 Å². The van der Waals surface area contributed by atoms with Gasteiger partial charge in [-0.05, 0) is 0 Å². The topological polar surface area (TPSA) is 39.1 Å². The Balaban J connectivity index is 3.24. The Labute approximate surface area is 55.7 Å². The molecule has 0 spiro atoms. The molecule has 0 aromatic carbocycles. The van der Waals surface area contributed by atoms with E-state index >= 15 is 0 Å². The number of carbonyl (C=O) groups excluding carboxylic acids is 1. The second-order valence-electron chi connectivity index (χ2n) is 1.56. The first-order valence-electron chi connectivity index (χ1n) is 2.40. The fourth-order valence-corrected chi connectivity index (χ4v) is 1.11. The normalized spacial score (nSPS) is 9.44. The Morgan fingerprint density at radius 3 is 2.67 bits per heavy atom. The van der Waals surface area contributed by atoms with E-state index in [2.05, 4.69) is 0 Å². The van der Waals surface area contributed by atoms with Gasteiger partial charge in [-0.25, -0.2) is 0 Å². The first kappa shape index (κ1) is 6.22. The minimum atomic E-state index is -0.243. The second kappa shape index (κ2) is 2.14. The molecule has 0 atom stereocenters. The number of aromatic nitrogens is 1. The summed E-state index contributed by atoms with van der Waals surface area (Å²) in [6.07, 6.45) is 0. The summed E-state index contributed by atoms with van der Waals surface area (Å²) in [7, 11) is 0. The van der Waals surface area contributed by atoms with Crippen molar-refractivity contribution >= 4 is 17.4 Å². The largest absolute Gasteiger partial charge is 0.273 e. The lowest BCUT2D eigenvalue weighted by Gasteiger charge is -1.86. The number of carbonyl (C=O) groups is 1. The van der Waals surface area contributed by atoms with Crippen molar-refractivity contribution in [2.24, 2.45) is 0 Å². The van der Waals surface area contributed by atoms with Crippen molar-refractivity contribution in [2.75, 3.05) is 0 Å². The zero-order chi connectivity index (χ0) is 6.85. The summed E-state index contributed by atoms with van der Waals surface area (Å²) in [6, 6.07) is 1.37. The molecule has 1 heterocycles. The van der Waals surface area contributed by atoms with Crippen molar-refractivity contribution in [2.45, 2.75) is 6.92 Å². The molecule has 1 aromatic heterocycles. The first-order chi connectivity index (χ1) is 4.22. The molecular weight excluding hydrogens is 138 g/mol. The van der Waals surface area contributed by atoms with Gasteiger partial charge < -0.3 is 0 Å². The van der Waals surface area contributed by atoms with Crippen molar-refractivity contribution in [3.63, 3.8) is 0 Å². The summed E-state index contributed by atoms with van der Waals surface area (Å²) < 4.78 is 1.10. The van der Waals surface area contributed by atoms with E-state index in [1.165, 1.54) is 13.0 Å². The van der Waals surface area contributed by atoms with Gasteiger partial charge >= 0.3 is 0 Å². The molecule has 0 aliphatic heterocycles. The van der Waals surface area contributed by atoms with Crippen LogP contribution in [0.25, 0.3) is 0 Å². The maximum atomic E-state index is 10.6. The van der Waals surface area contributed by atoms with Gasteiger partial charge in [0.25, 0.3) is 5.56 Å². The van der Waals surface area contributed by atoms with Crippen molar-refractivity contribution < 1.29 is 4.79 Å². The van der Waals surface area contributed by atoms with Gasteiger partial charge in [0.15, 0.2) is 0 Å². The quantitative estimate of drug-likeness (QED) is 0.532. The lowest BCUT2D eigenvalue weighted by molar-refractivity contribution is 0.0945. The van der Waals surface area contributed by atoms with Crippen molar-refractivity contribution in [1.82, 2.24) is 3.96 Å². The molecule has 0 saturated carbocycles. The molecule has 0 aliphatic carbocycles. The van der Waals surface area contributed by atoms with Gasteiger partial charge in [0, 0.05) is 18.4 Å². The predicted molar refractivity (Wildman–Crippen MR) is 34.9 cm³/mol. The van der Waals surface area contributed by atoms with E-state index in [0.29, 0.717) is 0 Å². The van der Waals surface area contributed by atoms with E-state index < -0.39 is 0 Å². The van der Waals surface area contributed by atoms with E-state index in [0.717, 1.165) is 15.5 Å². The summed E-state index contributed by atoms with van der Waals surface area (Å²) >= 11 is 1.11. The zero-order valence-corrected chi connectivity index (χ0v) is 5.64. The zero-order valence-electron chi connectivity index (χ0n) is 4.83. The molecule has 0 fully saturated rings. The van der Waals surface area contributed by atoms with Crippen LogP contribution in [0.5, 0.6) is 0 Å². The molecular formula is C5H5NO2S. The van der Waals surface area contributed by atoms with E-state index in [-0.39, 0.29) is 11.5 Å². The van der Waals surface area contributed by atoms with E-state index in [1.807, 2.05) is 0 Å². The summed E-state index contributed by atoms with van der Waals surface area (Å²) in [4.78, 5) is 21.1. The van der Waals surface area contributed by atoms with Gasteiger partial charge in [-0.15, -0.1) is 0 Å². The highest BCUT2D eigenvalue weighted by Crippen LogP contribution is 1.90. The third-order valence-corrected chi connectivity index (χ3v) is 1.77. The highest BCUT2D eigenvalue weighted by Gasteiger charge is 1.98. The summed E-state index contributed by atoms with van der Waals surface area (Å²) in [6.45, 7) is 1.36. The van der Waals surface area contributed by atoms with E-state index in [4.69, 9.17) is 0 Å². The summed E-state index contributed by atoms with van der Waals surface area (Å²) in [5, 5.41) is 1.59. The molecule has 1 rings (SSSR count). The minimum absolute atomic E-state index is 0.227. The molecule has 9 heavy (non-hydrogen) atoms. The Bertz CT molecular complexity index is 272. The van der Waals surface area contributed by atoms with Crippen molar-refractivity contribution in [3.8, 4) is 0 Å². The van der Waals surface area contributed by atoms with Crippen molar-refractivity contribution in [1.29, 1.82) is 0 Å². The Hall–Kier alpha value is -0.900. The lowest BCUT2D eigenvalue weighted by atomic mass is 10.7. The molecule has 1 aromatic rings. The Kier molecular flexibility index (Phi) is 1.48. The van der Waals surface area contributed by atoms with Crippen molar-refractivity contribution in [3.05, 3.63) is 21.8 Å². The second-order valence-corrected chi connectivity index (χ2v) is 2.41. The van der Waals surface area contributed by atoms with Crippen LogP contribution >= 0.6 is 11.5 Å². The van der Waals surface area contributed by atoms with Crippen LogP contribution in [0.3, 0.4) is 0 Å². The fourth-order valence-electron chi connectivity index (χ4n) is 0.499. The first-order valence-corrected chi connectivity index (χ1v) is 3.23. The van der Waals surface area contributed by atoms with Gasteiger partial charge in [-0.1, -0.05) is 11.5 Å². The molecule has 0 bridgehead atoms. The number of hydrogen-bond donors (Lipinski definition) is 0. The molecule has 0 amide bonds. The highest BCUT2D eigenvalue weighted by molar-refractivity contribution is 7.05. The Morgan fingerprint density at radius 2 is 2.44 bits per heavy atom. The molecule has 0 saturated heterocycles. The third kappa shape index (κ3) is 1.08. The van der Waals surface area contributed by atoms with Crippen LogP contribution in [0.1, 0.15) is 11.7 Å². The average molecular weight is 143 g/mol. The van der Waals surface area contributed by atoms with Gasteiger partial charge in [-0.2, -0.15) is 3.96 Å². The van der Waals surface area contributed by atoms with E-state index in [1.54, 1.807) is 5.38 Å². The highest BCUT2D eigenvalue weighted by atomic mass is 32.1. The number of rotatable bonds is 0. The average Bonchev–Trinajstić information content (AvgIpc) is 2.13.